The van der Waals surface area contributed by atoms with Crippen LogP contribution in [-0.4, -0.2) is 31.1 Å². The Morgan fingerprint density at radius 1 is 1.07 bits per heavy atom. The SMILES string of the molecule is Cc1cc(-c2ccccc2Cl)ncc1-n1cc(-c2ccc(C(=O)O)cc2)nn1. The van der Waals surface area contributed by atoms with Crippen LogP contribution in [0.5, 0.6) is 0 Å². The molecule has 2 aromatic carbocycles. The van der Waals surface area contributed by atoms with E-state index in [2.05, 4.69) is 15.3 Å². The summed E-state index contributed by atoms with van der Waals surface area (Å²) < 4.78 is 1.65. The second-order valence-electron chi connectivity index (χ2n) is 6.27. The number of hydrogen-bond acceptors (Lipinski definition) is 4. The van der Waals surface area contributed by atoms with Crippen molar-refractivity contribution in [2.45, 2.75) is 6.92 Å². The van der Waals surface area contributed by atoms with Gasteiger partial charge in [0.25, 0.3) is 0 Å². The smallest absolute Gasteiger partial charge is 0.335 e. The molecule has 0 unspecified atom stereocenters. The molecule has 0 amide bonds. The predicted octanol–water partition coefficient (Wildman–Crippen LogP) is 4.66. The summed E-state index contributed by atoms with van der Waals surface area (Å²) in [5, 5.41) is 18.0. The van der Waals surface area contributed by atoms with Gasteiger partial charge in [0.15, 0.2) is 0 Å². The second kappa shape index (κ2) is 7.25. The number of halogens is 1. The first kappa shape index (κ1) is 17.9. The zero-order valence-corrected chi connectivity index (χ0v) is 15.6. The molecule has 0 saturated heterocycles. The number of carbonyl (C=O) groups is 1. The van der Waals surface area contributed by atoms with Gasteiger partial charge in [-0.25, -0.2) is 9.48 Å². The number of aryl methyl sites for hydroxylation is 1. The van der Waals surface area contributed by atoms with Crippen LogP contribution in [0.25, 0.3) is 28.2 Å². The van der Waals surface area contributed by atoms with Crippen LogP contribution in [0.3, 0.4) is 0 Å². The standard InChI is InChI=1S/C21H15ClN4O2/c1-13-10-18(16-4-2-3-5-17(16)22)23-11-20(13)26-12-19(24-25-26)14-6-8-15(9-7-14)21(27)28/h2-12H,1H3,(H,27,28). The number of hydrogen-bond donors (Lipinski definition) is 1. The normalized spacial score (nSPS) is 10.8. The van der Waals surface area contributed by atoms with Gasteiger partial charge in [0.2, 0.25) is 0 Å². The topological polar surface area (TPSA) is 80.9 Å². The van der Waals surface area contributed by atoms with Gasteiger partial charge < -0.3 is 5.11 Å². The van der Waals surface area contributed by atoms with Gasteiger partial charge >= 0.3 is 5.97 Å². The van der Waals surface area contributed by atoms with E-state index in [0.717, 1.165) is 28.1 Å². The first-order chi connectivity index (χ1) is 13.5. The Morgan fingerprint density at radius 2 is 1.82 bits per heavy atom. The number of rotatable bonds is 4. The van der Waals surface area contributed by atoms with Crippen molar-refractivity contribution in [3.8, 4) is 28.2 Å². The maximum Gasteiger partial charge on any atom is 0.335 e. The summed E-state index contributed by atoms with van der Waals surface area (Å²) in [6.07, 6.45) is 3.52. The molecule has 0 bridgehead atoms. The molecule has 0 radical (unpaired) electrons. The summed E-state index contributed by atoms with van der Waals surface area (Å²) in [6, 6.07) is 16.0. The molecule has 6 nitrogen and oxygen atoms in total. The van der Waals surface area contributed by atoms with Crippen molar-refractivity contribution < 1.29 is 9.90 Å². The number of aromatic nitrogens is 4. The molecular formula is C21H15ClN4O2. The molecule has 2 heterocycles. The number of carboxylic acids is 1. The molecule has 7 heteroatoms. The van der Waals surface area contributed by atoms with Crippen molar-refractivity contribution in [2.75, 3.05) is 0 Å². The molecule has 0 aliphatic heterocycles. The number of aromatic carboxylic acids is 1. The Hall–Kier alpha value is -3.51. The van der Waals surface area contributed by atoms with E-state index in [-0.39, 0.29) is 5.56 Å². The van der Waals surface area contributed by atoms with Crippen molar-refractivity contribution in [1.29, 1.82) is 0 Å². The molecular weight excluding hydrogens is 376 g/mol. The highest BCUT2D eigenvalue weighted by atomic mass is 35.5. The van der Waals surface area contributed by atoms with Gasteiger partial charge in [0.05, 0.1) is 29.3 Å². The highest BCUT2D eigenvalue weighted by molar-refractivity contribution is 6.33. The van der Waals surface area contributed by atoms with E-state index in [0.29, 0.717) is 10.7 Å². The van der Waals surface area contributed by atoms with Crippen LogP contribution < -0.4 is 0 Å². The summed E-state index contributed by atoms with van der Waals surface area (Å²) >= 11 is 6.27. The van der Waals surface area contributed by atoms with Crippen LogP contribution in [0.4, 0.5) is 0 Å². The lowest BCUT2D eigenvalue weighted by Gasteiger charge is -2.08. The van der Waals surface area contributed by atoms with Crippen molar-refractivity contribution in [2.24, 2.45) is 0 Å². The molecule has 0 spiro atoms. The Kier molecular flexibility index (Phi) is 4.63. The summed E-state index contributed by atoms with van der Waals surface area (Å²) in [6.45, 7) is 1.97. The van der Waals surface area contributed by atoms with Gasteiger partial charge in [-0.2, -0.15) is 0 Å². The minimum Gasteiger partial charge on any atom is -0.478 e. The van der Waals surface area contributed by atoms with Gasteiger partial charge in [0.1, 0.15) is 5.69 Å². The first-order valence-electron chi connectivity index (χ1n) is 8.51. The lowest BCUT2D eigenvalue weighted by atomic mass is 10.1. The van der Waals surface area contributed by atoms with E-state index in [1.165, 1.54) is 0 Å². The average molecular weight is 391 g/mol. The van der Waals surface area contributed by atoms with Gasteiger partial charge in [-0.15, -0.1) is 5.10 Å². The number of carboxylic acid groups (broad SMARTS) is 1. The quantitative estimate of drug-likeness (QED) is 0.548. The predicted molar refractivity (Wildman–Crippen MR) is 107 cm³/mol. The zero-order valence-electron chi connectivity index (χ0n) is 14.9. The highest BCUT2D eigenvalue weighted by Gasteiger charge is 2.11. The average Bonchev–Trinajstić information content (AvgIpc) is 3.18. The Balaban J connectivity index is 1.65. The zero-order chi connectivity index (χ0) is 19.7. The van der Waals surface area contributed by atoms with Crippen molar-refractivity contribution >= 4 is 17.6 Å². The van der Waals surface area contributed by atoms with Crippen LogP contribution in [0.15, 0.2) is 67.0 Å². The summed E-state index contributed by atoms with van der Waals surface area (Å²) in [4.78, 5) is 15.5. The van der Waals surface area contributed by atoms with E-state index in [4.69, 9.17) is 16.7 Å². The molecule has 138 valence electrons. The van der Waals surface area contributed by atoms with Crippen LogP contribution in [0, 0.1) is 6.92 Å². The second-order valence-corrected chi connectivity index (χ2v) is 6.67. The maximum atomic E-state index is 11.0. The minimum absolute atomic E-state index is 0.228. The van der Waals surface area contributed by atoms with Gasteiger partial charge in [-0.3, -0.25) is 4.98 Å². The molecule has 4 rings (SSSR count). The number of benzene rings is 2. The minimum atomic E-state index is -0.962. The van der Waals surface area contributed by atoms with E-state index in [1.807, 2.05) is 37.3 Å². The van der Waals surface area contributed by atoms with Crippen molar-refractivity contribution in [3.05, 3.63) is 83.1 Å². The number of nitrogens with zero attached hydrogens (tertiary/aromatic N) is 4. The van der Waals surface area contributed by atoms with Crippen LogP contribution >= 0.6 is 11.6 Å². The third-order valence-electron chi connectivity index (χ3n) is 4.40. The summed E-state index contributed by atoms with van der Waals surface area (Å²) in [5.74, 6) is -0.962. The van der Waals surface area contributed by atoms with Gasteiger partial charge in [-0.05, 0) is 36.8 Å². The summed E-state index contributed by atoms with van der Waals surface area (Å²) in [5.41, 5.74) is 5.10. The van der Waals surface area contributed by atoms with Crippen molar-refractivity contribution in [1.82, 2.24) is 20.0 Å². The fourth-order valence-electron chi connectivity index (χ4n) is 2.90. The molecule has 0 aliphatic rings. The summed E-state index contributed by atoms with van der Waals surface area (Å²) in [7, 11) is 0. The van der Waals surface area contributed by atoms with E-state index in [1.54, 1.807) is 41.3 Å². The van der Waals surface area contributed by atoms with E-state index >= 15 is 0 Å². The highest BCUT2D eigenvalue weighted by Crippen LogP contribution is 2.28. The fraction of sp³-hybridized carbons (Fsp3) is 0.0476. The van der Waals surface area contributed by atoms with Gasteiger partial charge in [0, 0.05) is 16.1 Å². The lowest BCUT2D eigenvalue weighted by Crippen LogP contribution is -2.00. The van der Waals surface area contributed by atoms with Crippen LogP contribution in [0.1, 0.15) is 15.9 Å². The molecule has 0 aliphatic carbocycles. The fourth-order valence-corrected chi connectivity index (χ4v) is 3.13. The van der Waals surface area contributed by atoms with E-state index in [9.17, 15) is 4.79 Å². The Bertz CT molecular complexity index is 1170. The first-order valence-corrected chi connectivity index (χ1v) is 8.89. The Morgan fingerprint density at radius 3 is 2.50 bits per heavy atom. The van der Waals surface area contributed by atoms with Crippen LogP contribution in [-0.2, 0) is 0 Å². The molecule has 0 atom stereocenters. The maximum absolute atomic E-state index is 11.0. The molecule has 0 saturated carbocycles. The van der Waals surface area contributed by atoms with Crippen molar-refractivity contribution in [3.63, 3.8) is 0 Å². The molecule has 0 fully saturated rings. The largest absolute Gasteiger partial charge is 0.478 e. The molecule has 4 aromatic rings. The van der Waals surface area contributed by atoms with E-state index < -0.39 is 5.97 Å². The molecule has 28 heavy (non-hydrogen) atoms. The van der Waals surface area contributed by atoms with Crippen LogP contribution in [0.2, 0.25) is 5.02 Å². The third-order valence-corrected chi connectivity index (χ3v) is 4.73. The monoisotopic (exact) mass is 390 g/mol. The third kappa shape index (κ3) is 3.37. The number of pyridine rings is 1. The molecule has 1 N–H and O–H groups in total. The lowest BCUT2D eigenvalue weighted by molar-refractivity contribution is 0.0697. The van der Waals surface area contributed by atoms with Gasteiger partial charge in [-0.1, -0.05) is 47.1 Å². The Labute approximate surface area is 166 Å². The molecule has 2 aromatic heterocycles.